The van der Waals surface area contributed by atoms with E-state index in [9.17, 15) is 4.79 Å². The molecule has 20 heavy (non-hydrogen) atoms. The summed E-state index contributed by atoms with van der Waals surface area (Å²) in [6.07, 6.45) is 0.974. The van der Waals surface area contributed by atoms with E-state index in [4.69, 9.17) is 4.74 Å². The molecule has 1 aliphatic rings. The molecule has 1 amide bonds. The van der Waals surface area contributed by atoms with Gasteiger partial charge < -0.3 is 15.4 Å². The van der Waals surface area contributed by atoms with Crippen LogP contribution < -0.4 is 15.4 Å². The van der Waals surface area contributed by atoms with Crippen molar-refractivity contribution in [3.63, 3.8) is 0 Å². The molecule has 0 saturated heterocycles. The van der Waals surface area contributed by atoms with E-state index in [1.807, 2.05) is 12.1 Å². The van der Waals surface area contributed by atoms with Gasteiger partial charge in [0, 0.05) is 17.3 Å². The van der Waals surface area contributed by atoms with E-state index in [1.165, 1.54) is 0 Å². The van der Waals surface area contributed by atoms with Crippen molar-refractivity contribution in [1.29, 1.82) is 0 Å². The van der Waals surface area contributed by atoms with Gasteiger partial charge in [0.2, 0.25) is 5.91 Å². The summed E-state index contributed by atoms with van der Waals surface area (Å²) in [6, 6.07) is 3.54. The molecule has 2 rings (SSSR count). The highest BCUT2D eigenvalue weighted by molar-refractivity contribution is 9.10. The molecule has 1 heterocycles. The standard InChI is InChI=1S/C15H21BrN2O2/c1-15(2,3)5-6-20-12-8-11-9(7-10(12)16)13(17-4)14(19)18-11/h7-8,13,17H,5-6H2,1-4H3,(H,18,19). The Kier molecular flexibility index (Phi) is 4.39. The molecule has 0 fully saturated rings. The number of rotatable bonds is 4. The Hall–Kier alpha value is -1.07. The van der Waals surface area contributed by atoms with Crippen LogP contribution >= 0.6 is 15.9 Å². The quantitative estimate of drug-likeness (QED) is 0.882. The third kappa shape index (κ3) is 3.33. The summed E-state index contributed by atoms with van der Waals surface area (Å²) in [5, 5.41) is 5.88. The molecule has 1 unspecified atom stereocenters. The lowest BCUT2D eigenvalue weighted by Crippen LogP contribution is -2.23. The predicted molar refractivity (Wildman–Crippen MR) is 84.1 cm³/mol. The van der Waals surface area contributed by atoms with Gasteiger partial charge in [-0.3, -0.25) is 4.79 Å². The van der Waals surface area contributed by atoms with Gasteiger partial charge >= 0.3 is 0 Å². The summed E-state index contributed by atoms with van der Waals surface area (Å²) in [6.45, 7) is 7.22. The Morgan fingerprint density at radius 2 is 2.10 bits per heavy atom. The molecule has 1 aliphatic heterocycles. The number of ether oxygens (including phenoxy) is 1. The number of likely N-dealkylation sites (N-methyl/N-ethyl adjacent to an activating group) is 1. The van der Waals surface area contributed by atoms with Crippen molar-refractivity contribution in [3.8, 4) is 5.75 Å². The number of benzene rings is 1. The molecule has 1 aromatic carbocycles. The molecule has 5 heteroatoms. The Balaban J connectivity index is 2.14. The number of halogens is 1. The highest BCUT2D eigenvalue weighted by atomic mass is 79.9. The Morgan fingerprint density at radius 3 is 2.70 bits per heavy atom. The van der Waals surface area contributed by atoms with E-state index in [1.54, 1.807) is 7.05 Å². The number of nitrogens with one attached hydrogen (secondary N) is 2. The summed E-state index contributed by atoms with van der Waals surface area (Å²) < 4.78 is 6.70. The summed E-state index contributed by atoms with van der Waals surface area (Å²) in [5.74, 6) is 0.742. The lowest BCUT2D eigenvalue weighted by atomic mass is 9.93. The number of hydrogen-bond acceptors (Lipinski definition) is 3. The Morgan fingerprint density at radius 1 is 1.40 bits per heavy atom. The van der Waals surface area contributed by atoms with Crippen LogP contribution in [-0.2, 0) is 4.79 Å². The van der Waals surface area contributed by atoms with Crippen molar-refractivity contribution >= 4 is 27.5 Å². The van der Waals surface area contributed by atoms with Gasteiger partial charge in [0.15, 0.2) is 0 Å². The fourth-order valence-corrected chi connectivity index (χ4v) is 2.60. The van der Waals surface area contributed by atoms with Crippen LogP contribution in [0.3, 0.4) is 0 Å². The highest BCUT2D eigenvalue weighted by Gasteiger charge is 2.30. The molecule has 0 radical (unpaired) electrons. The van der Waals surface area contributed by atoms with Gasteiger partial charge in [0.05, 0.1) is 11.1 Å². The van der Waals surface area contributed by atoms with Crippen LogP contribution in [0.5, 0.6) is 5.75 Å². The summed E-state index contributed by atoms with van der Waals surface area (Å²) in [7, 11) is 1.78. The summed E-state index contributed by atoms with van der Waals surface area (Å²) >= 11 is 3.52. The second-order valence-electron chi connectivity index (χ2n) is 6.24. The second-order valence-corrected chi connectivity index (χ2v) is 7.09. The number of anilines is 1. The van der Waals surface area contributed by atoms with Crippen LogP contribution in [0.15, 0.2) is 16.6 Å². The summed E-state index contributed by atoms with van der Waals surface area (Å²) in [4.78, 5) is 11.8. The molecule has 1 atom stereocenters. The van der Waals surface area contributed by atoms with Crippen molar-refractivity contribution < 1.29 is 9.53 Å². The van der Waals surface area contributed by atoms with E-state index in [0.29, 0.717) is 6.61 Å². The van der Waals surface area contributed by atoms with Gasteiger partial charge in [-0.2, -0.15) is 0 Å². The first-order valence-electron chi connectivity index (χ1n) is 6.76. The zero-order valence-corrected chi connectivity index (χ0v) is 13.9. The first-order chi connectivity index (χ1) is 9.31. The minimum Gasteiger partial charge on any atom is -0.492 e. The van der Waals surface area contributed by atoms with Gasteiger partial charge in [-0.15, -0.1) is 0 Å². The second kappa shape index (κ2) is 5.74. The van der Waals surface area contributed by atoms with Gasteiger partial charge in [-0.1, -0.05) is 20.8 Å². The van der Waals surface area contributed by atoms with E-state index < -0.39 is 0 Å². The van der Waals surface area contributed by atoms with Gasteiger partial charge in [-0.05, 0) is 40.9 Å². The molecule has 1 aromatic rings. The lowest BCUT2D eigenvalue weighted by Gasteiger charge is -2.19. The van der Waals surface area contributed by atoms with E-state index in [0.717, 1.165) is 27.9 Å². The number of carbonyl (C=O) groups excluding carboxylic acids is 1. The first-order valence-corrected chi connectivity index (χ1v) is 7.55. The fourth-order valence-electron chi connectivity index (χ4n) is 2.13. The van der Waals surface area contributed by atoms with Crippen molar-refractivity contribution in [3.05, 3.63) is 22.2 Å². The maximum atomic E-state index is 11.8. The van der Waals surface area contributed by atoms with E-state index in [-0.39, 0.29) is 17.4 Å². The van der Waals surface area contributed by atoms with Crippen molar-refractivity contribution in [2.24, 2.45) is 5.41 Å². The first kappa shape index (κ1) is 15.3. The van der Waals surface area contributed by atoms with Crippen LogP contribution in [0.25, 0.3) is 0 Å². The average molecular weight is 341 g/mol. The maximum absolute atomic E-state index is 11.8. The van der Waals surface area contributed by atoms with Crippen molar-refractivity contribution in [2.75, 3.05) is 19.0 Å². The third-order valence-electron chi connectivity index (χ3n) is 3.33. The van der Waals surface area contributed by atoms with Gasteiger partial charge in [0.1, 0.15) is 11.8 Å². The van der Waals surface area contributed by atoms with E-state index in [2.05, 4.69) is 47.3 Å². The molecule has 0 aromatic heterocycles. The maximum Gasteiger partial charge on any atom is 0.246 e. The normalized spacial score (nSPS) is 17.9. The van der Waals surface area contributed by atoms with Crippen LogP contribution in [0.4, 0.5) is 5.69 Å². The zero-order chi connectivity index (χ0) is 14.9. The molecule has 0 spiro atoms. The van der Waals surface area contributed by atoms with Crippen LogP contribution in [0.1, 0.15) is 38.8 Å². The fraction of sp³-hybridized carbons (Fsp3) is 0.533. The Bertz CT molecular complexity index is 523. The molecular formula is C15H21BrN2O2. The molecule has 110 valence electrons. The minimum atomic E-state index is -0.287. The van der Waals surface area contributed by atoms with Gasteiger partial charge in [0.25, 0.3) is 0 Å². The molecule has 0 aliphatic carbocycles. The monoisotopic (exact) mass is 340 g/mol. The largest absolute Gasteiger partial charge is 0.492 e. The van der Waals surface area contributed by atoms with E-state index >= 15 is 0 Å². The van der Waals surface area contributed by atoms with Gasteiger partial charge in [-0.25, -0.2) is 0 Å². The molecule has 0 bridgehead atoms. The van der Waals surface area contributed by atoms with Crippen LogP contribution in [0.2, 0.25) is 0 Å². The highest BCUT2D eigenvalue weighted by Crippen LogP contribution is 2.38. The lowest BCUT2D eigenvalue weighted by molar-refractivity contribution is -0.117. The Labute approximate surface area is 128 Å². The zero-order valence-electron chi connectivity index (χ0n) is 12.3. The van der Waals surface area contributed by atoms with Crippen molar-refractivity contribution in [1.82, 2.24) is 5.32 Å². The molecule has 4 nitrogen and oxygen atoms in total. The SMILES string of the molecule is CNC1C(=O)Nc2cc(OCCC(C)(C)C)c(Br)cc21. The molecular weight excluding hydrogens is 320 g/mol. The average Bonchev–Trinajstić information content (AvgIpc) is 2.62. The number of fused-ring (bicyclic) bond motifs is 1. The van der Waals surface area contributed by atoms with Crippen LogP contribution in [-0.4, -0.2) is 19.6 Å². The minimum absolute atomic E-state index is 0.0266. The molecule has 2 N–H and O–H groups in total. The molecule has 0 saturated carbocycles. The van der Waals surface area contributed by atoms with Crippen molar-refractivity contribution in [2.45, 2.75) is 33.2 Å². The predicted octanol–water partition coefficient (Wildman–Crippen LogP) is 3.48. The third-order valence-corrected chi connectivity index (χ3v) is 3.95. The summed E-state index contributed by atoms with van der Waals surface area (Å²) in [5.41, 5.74) is 2.02. The van der Waals surface area contributed by atoms with Crippen LogP contribution in [0, 0.1) is 5.41 Å². The number of amides is 1. The number of hydrogen-bond donors (Lipinski definition) is 2. The topological polar surface area (TPSA) is 50.4 Å². The number of carbonyl (C=O) groups is 1. The smallest absolute Gasteiger partial charge is 0.246 e.